The molecule has 1 aliphatic rings. The summed E-state index contributed by atoms with van der Waals surface area (Å²) in [6, 6.07) is -0.720. The number of aliphatic hydroxyl groups is 5. The number of rotatable bonds is 43. The van der Waals surface area contributed by atoms with Gasteiger partial charge in [0.05, 0.1) is 25.4 Å². The van der Waals surface area contributed by atoms with E-state index in [1.165, 1.54) is 122 Å². The molecule has 0 radical (unpaired) electrons. The first kappa shape index (κ1) is 58.9. The monoisotopic (exact) mass is 888 g/mol. The van der Waals surface area contributed by atoms with E-state index in [1.807, 2.05) is 0 Å². The van der Waals surface area contributed by atoms with E-state index in [-0.39, 0.29) is 12.5 Å². The molecule has 0 bridgehead atoms. The molecule has 0 aliphatic carbocycles. The lowest BCUT2D eigenvalue weighted by Crippen LogP contribution is -2.60. The Bertz CT molecular complexity index is 1170. The molecule has 0 aromatic rings. The highest BCUT2D eigenvalue weighted by Crippen LogP contribution is 2.23. The van der Waals surface area contributed by atoms with Gasteiger partial charge >= 0.3 is 0 Å². The zero-order valence-corrected chi connectivity index (χ0v) is 40.3. The Morgan fingerprint density at radius 3 is 1.46 bits per heavy atom. The van der Waals surface area contributed by atoms with E-state index in [0.717, 1.165) is 70.6 Å². The summed E-state index contributed by atoms with van der Waals surface area (Å²) in [5, 5.41) is 54.4. The number of nitrogens with one attached hydrogen (secondary N) is 1. The molecule has 0 saturated carbocycles. The fourth-order valence-electron chi connectivity index (χ4n) is 8.01. The fraction of sp³-hybridized carbons (Fsp3) is 0.796. The van der Waals surface area contributed by atoms with E-state index >= 15 is 0 Å². The quantitative estimate of drug-likeness (QED) is 0.0262. The maximum absolute atomic E-state index is 13.0. The molecule has 0 aromatic carbocycles. The highest BCUT2D eigenvalue weighted by Gasteiger charge is 2.44. The van der Waals surface area contributed by atoms with Gasteiger partial charge in [-0.05, 0) is 57.8 Å². The Morgan fingerprint density at radius 1 is 0.556 bits per heavy atom. The lowest BCUT2D eigenvalue weighted by molar-refractivity contribution is -0.302. The second kappa shape index (κ2) is 43.8. The Labute approximate surface area is 386 Å². The van der Waals surface area contributed by atoms with Gasteiger partial charge < -0.3 is 40.3 Å². The maximum atomic E-state index is 13.0. The van der Waals surface area contributed by atoms with Crippen molar-refractivity contribution in [3.63, 3.8) is 0 Å². The molecule has 0 spiro atoms. The summed E-state index contributed by atoms with van der Waals surface area (Å²) >= 11 is 0. The van der Waals surface area contributed by atoms with Crippen molar-refractivity contribution < 1.29 is 39.8 Å². The average molecular weight is 888 g/mol. The van der Waals surface area contributed by atoms with Crippen LogP contribution in [0.4, 0.5) is 0 Å². The lowest BCUT2D eigenvalue weighted by atomic mass is 9.99. The number of carbonyl (C=O) groups excluding carboxylic acids is 1. The molecule has 7 unspecified atom stereocenters. The van der Waals surface area contributed by atoms with Crippen LogP contribution in [0, 0.1) is 0 Å². The van der Waals surface area contributed by atoms with Crippen molar-refractivity contribution in [3.05, 3.63) is 60.8 Å². The Balaban J connectivity index is 2.17. The molecule has 1 rings (SSSR count). The van der Waals surface area contributed by atoms with Gasteiger partial charge in [0.25, 0.3) is 0 Å². The van der Waals surface area contributed by atoms with E-state index in [1.54, 1.807) is 0 Å². The molecule has 1 heterocycles. The van der Waals surface area contributed by atoms with Gasteiger partial charge in [-0.1, -0.05) is 216 Å². The molecular weight excluding hydrogens is 791 g/mol. The van der Waals surface area contributed by atoms with Crippen molar-refractivity contribution in [1.29, 1.82) is 0 Å². The Kier molecular flexibility index (Phi) is 40.9. The third kappa shape index (κ3) is 33.9. The van der Waals surface area contributed by atoms with Crippen LogP contribution >= 0.6 is 0 Å². The van der Waals surface area contributed by atoms with Gasteiger partial charge in [-0.15, -0.1) is 0 Å². The number of hydrogen-bond donors (Lipinski definition) is 6. The highest BCUT2D eigenvalue weighted by molar-refractivity contribution is 5.76. The van der Waals surface area contributed by atoms with Crippen LogP contribution < -0.4 is 5.32 Å². The first-order chi connectivity index (χ1) is 30.8. The van der Waals surface area contributed by atoms with Crippen LogP contribution in [0.15, 0.2) is 60.8 Å². The summed E-state index contributed by atoms with van der Waals surface area (Å²) in [6.45, 7) is 3.71. The molecule has 1 amide bonds. The summed E-state index contributed by atoms with van der Waals surface area (Å²) in [6.07, 6.45) is 51.0. The van der Waals surface area contributed by atoms with Gasteiger partial charge in [-0.2, -0.15) is 0 Å². The molecule has 7 atom stereocenters. The van der Waals surface area contributed by atoms with Gasteiger partial charge in [0, 0.05) is 6.42 Å². The third-order valence-electron chi connectivity index (χ3n) is 12.1. The van der Waals surface area contributed by atoms with Gasteiger partial charge in [-0.25, -0.2) is 0 Å². The molecule has 63 heavy (non-hydrogen) atoms. The lowest BCUT2D eigenvalue weighted by Gasteiger charge is -2.40. The Hall–Kier alpha value is -2.11. The predicted molar refractivity (Wildman–Crippen MR) is 262 cm³/mol. The molecular formula is C54H97NO8. The second-order valence-corrected chi connectivity index (χ2v) is 17.9. The van der Waals surface area contributed by atoms with E-state index in [4.69, 9.17) is 9.47 Å². The molecule has 6 N–H and O–H groups in total. The summed E-state index contributed by atoms with van der Waals surface area (Å²) < 4.78 is 11.3. The molecule has 1 fully saturated rings. The van der Waals surface area contributed by atoms with Crippen LogP contribution in [0.25, 0.3) is 0 Å². The van der Waals surface area contributed by atoms with Crippen LogP contribution in [0.1, 0.15) is 219 Å². The van der Waals surface area contributed by atoms with E-state index in [9.17, 15) is 30.3 Å². The highest BCUT2D eigenvalue weighted by atomic mass is 16.7. The smallest absolute Gasteiger partial charge is 0.220 e. The first-order valence-electron chi connectivity index (χ1n) is 26.0. The molecule has 0 aromatic heterocycles. The summed E-state index contributed by atoms with van der Waals surface area (Å²) in [7, 11) is 0. The van der Waals surface area contributed by atoms with E-state index in [0.29, 0.717) is 12.8 Å². The Morgan fingerprint density at radius 2 is 0.984 bits per heavy atom. The molecule has 366 valence electrons. The van der Waals surface area contributed by atoms with Crippen LogP contribution in [0.2, 0.25) is 0 Å². The van der Waals surface area contributed by atoms with Gasteiger partial charge in [-0.3, -0.25) is 4.79 Å². The van der Waals surface area contributed by atoms with Crippen molar-refractivity contribution >= 4 is 5.91 Å². The minimum absolute atomic E-state index is 0.139. The zero-order chi connectivity index (χ0) is 45.9. The first-order valence-corrected chi connectivity index (χ1v) is 26.0. The summed E-state index contributed by atoms with van der Waals surface area (Å²) in [4.78, 5) is 13.0. The normalized spacial score (nSPS) is 20.7. The van der Waals surface area contributed by atoms with Gasteiger partial charge in [0.1, 0.15) is 24.4 Å². The zero-order valence-electron chi connectivity index (χ0n) is 40.3. The molecule has 9 nitrogen and oxygen atoms in total. The minimum Gasteiger partial charge on any atom is -0.394 e. The van der Waals surface area contributed by atoms with Crippen molar-refractivity contribution in [2.75, 3.05) is 13.2 Å². The van der Waals surface area contributed by atoms with Crippen LogP contribution in [-0.4, -0.2) is 87.5 Å². The predicted octanol–water partition coefficient (Wildman–Crippen LogP) is 12.0. The van der Waals surface area contributed by atoms with Gasteiger partial charge in [0.15, 0.2) is 6.29 Å². The van der Waals surface area contributed by atoms with Crippen LogP contribution in [0.5, 0.6) is 0 Å². The average Bonchev–Trinajstić information content (AvgIpc) is 3.28. The number of unbranched alkanes of at least 4 members (excludes halogenated alkanes) is 23. The largest absolute Gasteiger partial charge is 0.394 e. The summed E-state index contributed by atoms with van der Waals surface area (Å²) in [5.74, 6) is -0.149. The third-order valence-corrected chi connectivity index (χ3v) is 12.1. The van der Waals surface area contributed by atoms with Crippen molar-refractivity contribution in [3.8, 4) is 0 Å². The fourth-order valence-corrected chi connectivity index (χ4v) is 8.01. The van der Waals surface area contributed by atoms with Crippen molar-refractivity contribution in [2.45, 2.75) is 262 Å². The molecule has 9 heteroatoms. The van der Waals surface area contributed by atoms with E-state index < -0.39 is 49.5 Å². The number of carbonyl (C=O) groups is 1. The van der Waals surface area contributed by atoms with Gasteiger partial charge in [0.2, 0.25) is 5.91 Å². The molecule has 1 saturated heterocycles. The second-order valence-electron chi connectivity index (χ2n) is 17.9. The number of ether oxygens (including phenoxy) is 2. The summed E-state index contributed by atoms with van der Waals surface area (Å²) in [5.41, 5.74) is 0. The van der Waals surface area contributed by atoms with Crippen LogP contribution in [-0.2, 0) is 14.3 Å². The number of allylic oxidation sites excluding steroid dienone is 10. The van der Waals surface area contributed by atoms with Crippen LogP contribution in [0.3, 0.4) is 0 Å². The number of amides is 1. The number of hydrogen-bond acceptors (Lipinski definition) is 8. The number of aliphatic hydroxyl groups excluding tert-OH is 5. The minimum atomic E-state index is -1.55. The van der Waals surface area contributed by atoms with E-state index in [2.05, 4.69) is 79.9 Å². The van der Waals surface area contributed by atoms with Crippen molar-refractivity contribution in [2.24, 2.45) is 0 Å². The maximum Gasteiger partial charge on any atom is 0.220 e. The topological polar surface area (TPSA) is 149 Å². The van der Waals surface area contributed by atoms with Crippen molar-refractivity contribution in [1.82, 2.24) is 5.32 Å². The standard InChI is InChI=1S/C54H97NO8/c1-3-5-7-9-11-13-15-16-17-18-19-20-21-22-23-24-25-26-27-28-29-30-31-32-34-36-38-40-42-44-50(58)55-47(46-62-54-53(61)52(60)51(59)49(45-56)63-54)48(57)43-41-39-37-35-33-14-12-10-8-6-4-2/h5,7,11,13,16-17,19-20,22-23,47-49,51-54,56-57,59-61H,3-4,6,8-10,12,14-15,18,21,24-46H2,1-2H3,(H,55,58)/b7-5-,13-11-,17-16-,20-19-,23-22-. The molecule has 1 aliphatic heterocycles. The SMILES string of the molecule is CC/C=C\C/C=C\C/C=C\C/C=C\C/C=C\CCCCCCCCCCCCCCCC(=O)NC(COC1OC(CO)C(O)C(O)C1O)C(O)CCCCCCCCCCCCC.